The number of esters is 1. The number of carbonyl (C=O) groups excluding carboxylic acids is 3. The van der Waals surface area contributed by atoms with Gasteiger partial charge in [0.15, 0.2) is 6.10 Å². The summed E-state index contributed by atoms with van der Waals surface area (Å²) in [4.78, 5) is 41.2. The van der Waals surface area contributed by atoms with Crippen LogP contribution in [0.3, 0.4) is 0 Å². The van der Waals surface area contributed by atoms with Gasteiger partial charge in [0, 0.05) is 24.5 Å². The first-order valence-corrected chi connectivity index (χ1v) is 12.7. The van der Waals surface area contributed by atoms with Crippen LogP contribution in [-0.2, 0) is 25.7 Å². The summed E-state index contributed by atoms with van der Waals surface area (Å²) in [7, 11) is 0. The van der Waals surface area contributed by atoms with Gasteiger partial charge in [-0.3, -0.25) is 14.5 Å². The zero-order chi connectivity index (χ0) is 24.2. The molecule has 2 amide bonds. The number of benzene rings is 1. The van der Waals surface area contributed by atoms with Crippen molar-refractivity contribution in [2.75, 3.05) is 25.9 Å². The molecular formula is C25H29N3O5S. The van der Waals surface area contributed by atoms with Crippen LogP contribution in [0.15, 0.2) is 53.8 Å². The molecule has 4 rings (SSSR count). The van der Waals surface area contributed by atoms with Gasteiger partial charge in [0.2, 0.25) is 0 Å². The maximum absolute atomic E-state index is 13.0. The molecule has 2 saturated heterocycles. The quantitative estimate of drug-likeness (QED) is 0.623. The maximum Gasteiger partial charge on any atom is 0.415 e. The fourth-order valence-corrected chi connectivity index (χ4v) is 5.34. The summed E-state index contributed by atoms with van der Waals surface area (Å²) in [5.41, 5.74) is 3.02. The maximum atomic E-state index is 13.0. The number of thioether (sulfide) groups is 1. The second kappa shape index (κ2) is 10.5. The fraction of sp³-hybridized carbons (Fsp3) is 0.440. The fourth-order valence-electron chi connectivity index (χ4n) is 4.54. The van der Waals surface area contributed by atoms with Gasteiger partial charge in [-0.15, -0.1) is 0 Å². The van der Waals surface area contributed by atoms with Gasteiger partial charge in [0.05, 0.1) is 17.7 Å². The Morgan fingerprint density at radius 1 is 1.18 bits per heavy atom. The van der Waals surface area contributed by atoms with Crippen LogP contribution in [0.25, 0.3) is 0 Å². The Hall–Kier alpha value is -3.07. The lowest BCUT2D eigenvalue weighted by Gasteiger charge is -2.32. The van der Waals surface area contributed by atoms with Gasteiger partial charge >= 0.3 is 12.1 Å². The van der Waals surface area contributed by atoms with Crippen LogP contribution in [0.2, 0.25) is 0 Å². The zero-order valence-electron chi connectivity index (χ0n) is 19.4. The molecule has 8 nitrogen and oxygen atoms in total. The molecule has 0 saturated carbocycles. The molecule has 0 radical (unpaired) electrons. The lowest BCUT2D eigenvalue weighted by Crippen LogP contribution is -2.46. The lowest BCUT2D eigenvalue weighted by molar-refractivity contribution is -0.153. The Morgan fingerprint density at radius 2 is 1.88 bits per heavy atom. The third-order valence-electron chi connectivity index (χ3n) is 6.48. The highest BCUT2D eigenvalue weighted by molar-refractivity contribution is 8.00. The van der Waals surface area contributed by atoms with E-state index in [2.05, 4.69) is 0 Å². The average molecular weight is 484 g/mol. The van der Waals surface area contributed by atoms with Crippen molar-refractivity contribution in [2.45, 2.75) is 37.7 Å². The molecule has 2 fully saturated rings. The Bertz CT molecular complexity index is 1030. The van der Waals surface area contributed by atoms with E-state index in [1.54, 1.807) is 17.1 Å². The number of likely N-dealkylation sites (tertiary alicyclic amines) is 1. The number of ether oxygens (including phenoxy) is 2. The van der Waals surface area contributed by atoms with Gasteiger partial charge in [0.25, 0.3) is 5.91 Å². The third kappa shape index (κ3) is 5.04. The summed E-state index contributed by atoms with van der Waals surface area (Å²) < 4.78 is 10.9. The van der Waals surface area contributed by atoms with Crippen LogP contribution in [-0.4, -0.2) is 70.7 Å². The highest BCUT2D eigenvalue weighted by Crippen LogP contribution is 2.31. The van der Waals surface area contributed by atoms with Gasteiger partial charge in [-0.05, 0) is 49.3 Å². The van der Waals surface area contributed by atoms with Gasteiger partial charge < -0.3 is 19.8 Å². The van der Waals surface area contributed by atoms with Crippen molar-refractivity contribution in [3.63, 3.8) is 0 Å². The summed E-state index contributed by atoms with van der Waals surface area (Å²) in [5.74, 6) is -0.719. The van der Waals surface area contributed by atoms with Crippen LogP contribution >= 0.6 is 11.8 Å². The van der Waals surface area contributed by atoms with Crippen molar-refractivity contribution in [3.8, 4) is 0 Å². The van der Waals surface area contributed by atoms with E-state index in [1.165, 1.54) is 16.7 Å². The van der Waals surface area contributed by atoms with Crippen molar-refractivity contribution in [2.24, 2.45) is 5.92 Å². The largest absolute Gasteiger partial charge is 0.461 e. The Kier molecular flexibility index (Phi) is 7.41. The highest BCUT2D eigenvalue weighted by atomic mass is 32.2. The normalized spacial score (nSPS) is 23.4. The van der Waals surface area contributed by atoms with E-state index >= 15 is 0 Å². The monoisotopic (exact) mass is 483 g/mol. The number of allylic oxidation sites excluding steroid dienone is 2. The second-order valence-corrected chi connectivity index (χ2v) is 9.59. The van der Waals surface area contributed by atoms with Crippen LogP contribution < -0.4 is 0 Å². The number of nitrogens with zero attached hydrogens (tertiary/aromatic N) is 2. The topological polar surface area (TPSA) is 100 Å². The predicted molar refractivity (Wildman–Crippen MR) is 129 cm³/mol. The highest BCUT2D eigenvalue weighted by Gasteiger charge is 2.42. The molecule has 0 bridgehead atoms. The number of cyclic esters (lactones) is 1. The third-order valence-corrected chi connectivity index (χ3v) is 7.56. The molecule has 1 aliphatic carbocycles. The number of nitrogens with one attached hydrogen (secondary N) is 1. The summed E-state index contributed by atoms with van der Waals surface area (Å²) in [5, 5.41) is 7.95. The van der Waals surface area contributed by atoms with Crippen molar-refractivity contribution >= 4 is 35.4 Å². The summed E-state index contributed by atoms with van der Waals surface area (Å²) in [6.45, 7) is 3.13. The molecule has 9 heteroatoms. The van der Waals surface area contributed by atoms with Crippen LogP contribution in [0.1, 0.15) is 25.3 Å². The molecule has 2 atom stereocenters. The van der Waals surface area contributed by atoms with E-state index in [0.717, 1.165) is 11.1 Å². The first kappa shape index (κ1) is 24.1. The van der Waals surface area contributed by atoms with Gasteiger partial charge in [-0.2, -0.15) is 11.8 Å². The molecule has 180 valence electrons. The number of piperidine rings is 1. The summed E-state index contributed by atoms with van der Waals surface area (Å²) in [6.07, 6.45) is 4.97. The van der Waals surface area contributed by atoms with E-state index in [4.69, 9.17) is 14.9 Å². The number of rotatable bonds is 6. The van der Waals surface area contributed by atoms with Gasteiger partial charge in [0.1, 0.15) is 6.61 Å². The number of hydrogen-bond donors (Lipinski definition) is 1. The van der Waals surface area contributed by atoms with Crippen molar-refractivity contribution < 1.29 is 23.9 Å². The molecule has 1 N–H and O–H groups in total. The van der Waals surface area contributed by atoms with Gasteiger partial charge in [-0.25, -0.2) is 4.79 Å². The molecule has 2 unspecified atom stereocenters. The molecule has 0 aromatic heterocycles. The predicted octanol–water partition coefficient (Wildman–Crippen LogP) is 3.38. The minimum Gasteiger partial charge on any atom is -0.461 e. The zero-order valence-corrected chi connectivity index (χ0v) is 20.2. The van der Waals surface area contributed by atoms with E-state index in [9.17, 15) is 14.4 Å². The number of carbonyl (C=O) groups is 3. The Labute approximate surface area is 203 Å². The summed E-state index contributed by atoms with van der Waals surface area (Å²) in [6, 6.07) is 9.53. The van der Waals surface area contributed by atoms with Crippen LogP contribution in [0, 0.1) is 11.3 Å². The molecule has 1 aromatic carbocycles. The molecule has 3 aliphatic rings. The molecule has 1 aromatic rings. The van der Waals surface area contributed by atoms with Crippen molar-refractivity contribution in [1.82, 2.24) is 9.80 Å². The molecule has 0 spiro atoms. The lowest BCUT2D eigenvalue weighted by atomic mass is 9.96. The Morgan fingerprint density at radius 3 is 2.56 bits per heavy atom. The molecule has 2 heterocycles. The van der Waals surface area contributed by atoms with E-state index in [-0.39, 0.29) is 36.2 Å². The van der Waals surface area contributed by atoms with E-state index < -0.39 is 12.2 Å². The smallest absolute Gasteiger partial charge is 0.415 e. The van der Waals surface area contributed by atoms with Crippen molar-refractivity contribution in [1.29, 1.82) is 5.41 Å². The first-order chi connectivity index (χ1) is 16.4. The SMILES string of the molecule is CSC1C(=N)C=CC(N2CC(C(=O)N3CCC(C(=O)OCc4ccccc4)CC3)OC2=O)=C1C. The standard InChI is InChI=1S/C25H29N3O5S/c1-16-20(9-8-19(26)22(16)34-2)28-14-21(33-25(28)31)23(29)27-12-10-18(11-13-27)24(30)32-15-17-6-4-3-5-7-17/h3-9,18,21-22,26H,10-15H2,1-2H3. The molecule has 2 aliphatic heterocycles. The summed E-state index contributed by atoms with van der Waals surface area (Å²) >= 11 is 1.53. The average Bonchev–Trinajstić information content (AvgIpc) is 3.24. The Balaban J connectivity index is 1.30. The van der Waals surface area contributed by atoms with Crippen molar-refractivity contribution in [3.05, 3.63) is 59.3 Å². The minimum absolute atomic E-state index is 0.122. The first-order valence-electron chi connectivity index (χ1n) is 11.4. The van der Waals surface area contributed by atoms with E-state index in [1.807, 2.05) is 43.5 Å². The second-order valence-electron chi connectivity index (χ2n) is 8.65. The van der Waals surface area contributed by atoms with Crippen LogP contribution in [0.4, 0.5) is 4.79 Å². The molecular weight excluding hydrogens is 454 g/mol. The minimum atomic E-state index is -0.878. The van der Waals surface area contributed by atoms with Gasteiger partial charge in [-0.1, -0.05) is 30.3 Å². The number of amides is 2. The molecule has 34 heavy (non-hydrogen) atoms. The van der Waals surface area contributed by atoms with E-state index in [0.29, 0.717) is 37.3 Å². The number of hydrogen-bond acceptors (Lipinski definition) is 7. The van der Waals surface area contributed by atoms with Crippen LogP contribution in [0.5, 0.6) is 0 Å².